The molecule has 0 radical (unpaired) electrons. The van der Waals surface area contributed by atoms with E-state index in [2.05, 4.69) is 42.7 Å². The molecule has 1 heterocycles. The molecule has 0 saturated heterocycles. The first-order chi connectivity index (χ1) is 10.6. The highest BCUT2D eigenvalue weighted by Gasteiger charge is 2.12. The molecule has 0 aliphatic carbocycles. The van der Waals surface area contributed by atoms with Gasteiger partial charge in [0.15, 0.2) is 0 Å². The number of rotatable bonds is 4. The summed E-state index contributed by atoms with van der Waals surface area (Å²) in [5.41, 5.74) is 4.94. The summed E-state index contributed by atoms with van der Waals surface area (Å²) >= 11 is 0. The summed E-state index contributed by atoms with van der Waals surface area (Å²) in [5.74, 6) is 0.0954. The van der Waals surface area contributed by atoms with Gasteiger partial charge in [0.1, 0.15) is 5.82 Å². The summed E-state index contributed by atoms with van der Waals surface area (Å²) < 4.78 is 2.16. The number of hydrogen-bond donors (Lipinski definition) is 1. The van der Waals surface area contributed by atoms with Crippen LogP contribution in [0.25, 0.3) is 22.4 Å². The molecule has 4 heteroatoms. The molecule has 1 aromatic heterocycles. The quantitative estimate of drug-likeness (QED) is 0.799. The number of aliphatic carboxylic acids is 1. The summed E-state index contributed by atoms with van der Waals surface area (Å²) in [4.78, 5) is 15.6. The fourth-order valence-corrected chi connectivity index (χ4v) is 2.70. The van der Waals surface area contributed by atoms with E-state index in [1.807, 2.05) is 18.2 Å². The Hall–Kier alpha value is -2.62. The van der Waals surface area contributed by atoms with Crippen LogP contribution >= 0.6 is 0 Å². The van der Waals surface area contributed by atoms with Gasteiger partial charge in [-0.2, -0.15) is 0 Å². The van der Waals surface area contributed by atoms with Crippen LogP contribution in [0.1, 0.15) is 18.1 Å². The number of benzene rings is 2. The number of carbonyl (C=O) groups is 1. The minimum absolute atomic E-state index is 0.0226. The largest absolute Gasteiger partial charge is 0.481 e. The molecule has 0 bridgehead atoms. The van der Waals surface area contributed by atoms with Crippen molar-refractivity contribution in [1.82, 2.24) is 9.55 Å². The zero-order valence-corrected chi connectivity index (χ0v) is 12.7. The Morgan fingerprint density at radius 2 is 1.91 bits per heavy atom. The van der Waals surface area contributed by atoms with Crippen LogP contribution in [0, 0.1) is 6.92 Å². The van der Waals surface area contributed by atoms with Gasteiger partial charge in [-0.15, -0.1) is 0 Å². The minimum Gasteiger partial charge on any atom is -0.481 e. The Bertz CT molecular complexity index is 832. The summed E-state index contributed by atoms with van der Waals surface area (Å²) in [5, 5.41) is 8.92. The lowest BCUT2D eigenvalue weighted by Crippen LogP contribution is -2.00. The van der Waals surface area contributed by atoms with E-state index < -0.39 is 5.97 Å². The van der Waals surface area contributed by atoms with Crippen LogP contribution < -0.4 is 0 Å². The van der Waals surface area contributed by atoms with Crippen LogP contribution in [0.15, 0.2) is 42.5 Å². The van der Waals surface area contributed by atoms with E-state index in [-0.39, 0.29) is 6.42 Å². The van der Waals surface area contributed by atoms with Crippen molar-refractivity contribution >= 4 is 17.0 Å². The third kappa shape index (κ3) is 2.60. The van der Waals surface area contributed by atoms with Crippen molar-refractivity contribution in [3.05, 3.63) is 53.6 Å². The van der Waals surface area contributed by atoms with Crippen LogP contribution in [-0.4, -0.2) is 20.6 Å². The second-order valence-corrected chi connectivity index (χ2v) is 5.44. The average Bonchev–Trinajstić information content (AvgIpc) is 2.85. The van der Waals surface area contributed by atoms with Crippen molar-refractivity contribution in [2.45, 2.75) is 26.8 Å². The van der Waals surface area contributed by atoms with Gasteiger partial charge in [0.2, 0.25) is 0 Å². The van der Waals surface area contributed by atoms with E-state index >= 15 is 0 Å². The Morgan fingerprint density at radius 1 is 1.18 bits per heavy atom. The highest BCUT2D eigenvalue weighted by molar-refractivity contribution is 5.82. The van der Waals surface area contributed by atoms with E-state index in [1.54, 1.807) is 0 Å². The Kier molecular flexibility index (Phi) is 3.67. The maximum Gasteiger partial charge on any atom is 0.307 e. The number of nitrogens with zero attached hydrogens (tertiary/aromatic N) is 2. The second-order valence-electron chi connectivity index (χ2n) is 5.44. The standard InChI is InChI=1S/C18H18N2O2/c1-3-20-16-9-6-13(11-17(21)22)10-15(16)19-18(20)14-7-4-12(2)5-8-14/h4-10H,3,11H2,1-2H3,(H,21,22). The minimum atomic E-state index is -0.826. The van der Waals surface area contributed by atoms with Crippen molar-refractivity contribution in [1.29, 1.82) is 0 Å². The molecule has 0 atom stereocenters. The third-order valence-electron chi connectivity index (χ3n) is 3.79. The summed E-state index contributed by atoms with van der Waals surface area (Å²) in [7, 11) is 0. The second kappa shape index (κ2) is 5.64. The zero-order chi connectivity index (χ0) is 15.7. The number of imidazole rings is 1. The van der Waals surface area contributed by atoms with Crippen LogP contribution in [0.4, 0.5) is 0 Å². The van der Waals surface area contributed by atoms with Crippen LogP contribution in [0.5, 0.6) is 0 Å². The molecule has 3 rings (SSSR count). The van der Waals surface area contributed by atoms with Gasteiger partial charge in [-0.05, 0) is 31.5 Å². The van der Waals surface area contributed by atoms with E-state index in [1.165, 1.54) is 5.56 Å². The molecule has 0 amide bonds. The van der Waals surface area contributed by atoms with Gasteiger partial charge in [0, 0.05) is 12.1 Å². The first-order valence-corrected chi connectivity index (χ1v) is 7.36. The van der Waals surface area contributed by atoms with Crippen molar-refractivity contribution in [3.63, 3.8) is 0 Å². The third-order valence-corrected chi connectivity index (χ3v) is 3.79. The molecule has 22 heavy (non-hydrogen) atoms. The first-order valence-electron chi connectivity index (χ1n) is 7.36. The van der Waals surface area contributed by atoms with Crippen molar-refractivity contribution in [3.8, 4) is 11.4 Å². The monoisotopic (exact) mass is 294 g/mol. The molecule has 0 saturated carbocycles. The van der Waals surface area contributed by atoms with Crippen molar-refractivity contribution in [2.24, 2.45) is 0 Å². The van der Waals surface area contributed by atoms with Gasteiger partial charge >= 0.3 is 5.97 Å². The molecular formula is C18H18N2O2. The van der Waals surface area contributed by atoms with Gasteiger partial charge in [-0.3, -0.25) is 4.79 Å². The number of carboxylic acid groups (broad SMARTS) is 1. The fraction of sp³-hybridized carbons (Fsp3) is 0.222. The maximum atomic E-state index is 10.9. The first kappa shape index (κ1) is 14.3. The molecule has 4 nitrogen and oxygen atoms in total. The number of fused-ring (bicyclic) bond motifs is 1. The summed E-state index contributed by atoms with van der Waals surface area (Å²) in [6, 6.07) is 14.0. The van der Waals surface area contributed by atoms with Crippen LogP contribution in [-0.2, 0) is 17.8 Å². The SMILES string of the molecule is CCn1c(-c2ccc(C)cc2)nc2cc(CC(=O)O)ccc21. The number of carboxylic acids is 1. The molecule has 112 valence electrons. The molecule has 1 N–H and O–H groups in total. The van der Waals surface area contributed by atoms with Gasteiger partial charge in [0.05, 0.1) is 17.5 Å². The lowest BCUT2D eigenvalue weighted by molar-refractivity contribution is -0.136. The zero-order valence-electron chi connectivity index (χ0n) is 12.7. The summed E-state index contributed by atoms with van der Waals surface area (Å²) in [6.07, 6.45) is 0.0226. The average molecular weight is 294 g/mol. The normalized spacial score (nSPS) is 11.0. The molecule has 0 unspecified atom stereocenters. The number of aryl methyl sites for hydroxylation is 2. The summed E-state index contributed by atoms with van der Waals surface area (Å²) in [6.45, 7) is 4.96. The highest BCUT2D eigenvalue weighted by atomic mass is 16.4. The molecule has 0 aliphatic heterocycles. The molecule has 3 aromatic rings. The lowest BCUT2D eigenvalue weighted by atomic mass is 10.1. The fourth-order valence-electron chi connectivity index (χ4n) is 2.70. The molecule has 0 fully saturated rings. The van der Waals surface area contributed by atoms with E-state index in [0.717, 1.165) is 34.5 Å². The predicted octanol–water partition coefficient (Wildman–Crippen LogP) is 3.66. The van der Waals surface area contributed by atoms with E-state index in [0.29, 0.717) is 0 Å². The van der Waals surface area contributed by atoms with Crippen LogP contribution in [0.2, 0.25) is 0 Å². The smallest absolute Gasteiger partial charge is 0.307 e. The van der Waals surface area contributed by atoms with Gasteiger partial charge in [0.25, 0.3) is 0 Å². The van der Waals surface area contributed by atoms with Crippen molar-refractivity contribution < 1.29 is 9.90 Å². The van der Waals surface area contributed by atoms with Gasteiger partial charge < -0.3 is 9.67 Å². The maximum absolute atomic E-state index is 10.9. The van der Waals surface area contributed by atoms with E-state index in [4.69, 9.17) is 10.1 Å². The number of aromatic nitrogens is 2. The van der Waals surface area contributed by atoms with Gasteiger partial charge in [-0.25, -0.2) is 4.98 Å². The van der Waals surface area contributed by atoms with Gasteiger partial charge in [-0.1, -0.05) is 35.9 Å². The molecular weight excluding hydrogens is 276 g/mol. The lowest BCUT2D eigenvalue weighted by Gasteiger charge is -2.06. The van der Waals surface area contributed by atoms with Crippen LogP contribution in [0.3, 0.4) is 0 Å². The topological polar surface area (TPSA) is 55.1 Å². The molecule has 0 aliphatic rings. The van der Waals surface area contributed by atoms with Crippen molar-refractivity contribution in [2.75, 3.05) is 0 Å². The molecule has 2 aromatic carbocycles. The Labute approximate surface area is 129 Å². The predicted molar refractivity (Wildman–Crippen MR) is 86.9 cm³/mol. The number of hydrogen-bond acceptors (Lipinski definition) is 2. The highest BCUT2D eigenvalue weighted by Crippen LogP contribution is 2.26. The Balaban J connectivity index is 2.14. The molecule has 0 spiro atoms. The van der Waals surface area contributed by atoms with E-state index in [9.17, 15) is 4.79 Å². The Morgan fingerprint density at radius 3 is 2.55 bits per heavy atom.